The molecule has 2 unspecified atom stereocenters. The number of amides is 2. The lowest BCUT2D eigenvalue weighted by atomic mass is 9.71. The molecule has 15 heteroatoms. The Morgan fingerprint density at radius 2 is 1.80 bits per heavy atom. The Morgan fingerprint density at radius 3 is 2.42 bits per heavy atom. The minimum atomic E-state index is -4.87. The number of pyridine rings is 1. The highest BCUT2D eigenvalue weighted by Gasteiger charge is 2.56. The zero-order chi connectivity index (χ0) is 36.3. The van der Waals surface area contributed by atoms with Crippen LogP contribution in [0.5, 0.6) is 5.75 Å². The van der Waals surface area contributed by atoms with E-state index in [0.717, 1.165) is 35.0 Å². The molecule has 0 radical (unpaired) electrons. The van der Waals surface area contributed by atoms with Gasteiger partial charge in [0.1, 0.15) is 10.6 Å². The van der Waals surface area contributed by atoms with Crippen LogP contribution in [0.3, 0.4) is 0 Å². The van der Waals surface area contributed by atoms with Gasteiger partial charge in [-0.25, -0.2) is 0 Å². The zero-order valence-electron chi connectivity index (χ0n) is 27.3. The van der Waals surface area contributed by atoms with Gasteiger partial charge in [-0.2, -0.15) is 31.6 Å². The highest BCUT2D eigenvalue weighted by Crippen LogP contribution is 2.44. The number of carbonyl (C=O) groups is 2. The van der Waals surface area contributed by atoms with Crippen molar-refractivity contribution in [1.29, 1.82) is 5.26 Å². The average Bonchev–Trinajstić information content (AvgIpc) is 3.58. The fourth-order valence-corrected chi connectivity index (χ4v) is 7.94. The highest BCUT2D eigenvalue weighted by atomic mass is 32.1. The zero-order valence-corrected chi connectivity index (χ0v) is 28.1. The van der Waals surface area contributed by atoms with Crippen LogP contribution in [-0.2, 0) is 29.0 Å². The van der Waals surface area contributed by atoms with Crippen molar-refractivity contribution in [3.63, 3.8) is 0 Å². The van der Waals surface area contributed by atoms with E-state index in [0.29, 0.717) is 36.8 Å². The smallest absolute Gasteiger partial charge is 0.425 e. The second-order valence-electron chi connectivity index (χ2n) is 12.6. The normalized spacial score (nSPS) is 21.1. The molecule has 0 aliphatic carbocycles. The summed E-state index contributed by atoms with van der Waals surface area (Å²) in [5.74, 6) is -1.84. The van der Waals surface area contributed by atoms with Crippen LogP contribution in [-0.4, -0.2) is 64.4 Å². The standard InChI is InChI=1S/C35H37F6N5O3S/c1-2-6-28-33(49-24-19-29(50-21-24)35(39,40)41,11-5-16-46(28)30(47)25-20-44-15-10-27(25)34(36,37)38)31(48)45-17-12-32(22-43,13-18-45)26-8-4-3-7-23(26)9-14-42/h3-4,7-8,10,15,19-21,28H,2,5-6,9,11-14,16-18,42H2,1H3. The first-order valence-corrected chi connectivity index (χ1v) is 17.2. The van der Waals surface area contributed by atoms with Gasteiger partial charge in [0.05, 0.1) is 28.7 Å². The van der Waals surface area contributed by atoms with Crippen LogP contribution in [0.1, 0.15) is 77.4 Å². The second-order valence-corrected chi connectivity index (χ2v) is 13.6. The summed E-state index contributed by atoms with van der Waals surface area (Å²) in [6.07, 6.45) is -6.15. The lowest BCUT2D eigenvalue weighted by Crippen LogP contribution is -2.68. The number of thiophene rings is 1. The molecule has 2 aromatic heterocycles. The number of carbonyl (C=O) groups excluding carboxylic acids is 2. The van der Waals surface area contributed by atoms with Gasteiger partial charge in [-0.05, 0) is 55.8 Å². The Hall–Kier alpha value is -4.16. The van der Waals surface area contributed by atoms with Gasteiger partial charge in [0.2, 0.25) is 5.60 Å². The molecule has 2 saturated heterocycles. The summed E-state index contributed by atoms with van der Waals surface area (Å²) in [6.45, 7) is 2.32. The summed E-state index contributed by atoms with van der Waals surface area (Å²) in [4.78, 5) is 34.3. The fraction of sp³-hybridized carbons (Fsp3) is 0.486. The Bertz CT molecular complexity index is 1730. The molecule has 0 saturated carbocycles. The number of hydrogen-bond acceptors (Lipinski definition) is 7. The van der Waals surface area contributed by atoms with Gasteiger partial charge >= 0.3 is 12.4 Å². The Kier molecular flexibility index (Phi) is 10.8. The van der Waals surface area contributed by atoms with Crippen LogP contribution in [0.2, 0.25) is 0 Å². The predicted octanol–water partition coefficient (Wildman–Crippen LogP) is 6.99. The quantitative estimate of drug-likeness (QED) is 0.239. The number of halogens is 6. The van der Waals surface area contributed by atoms with Gasteiger partial charge in [-0.3, -0.25) is 14.6 Å². The Balaban J connectivity index is 1.55. The van der Waals surface area contributed by atoms with Crippen LogP contribution in [0.15, 0.2) is 54.2 Å². The van der Waals surface area contributed by atoms with E-state index in [2.05, 4.69) is 11.1 Å². The Morgan fingerprint density at radius 1 is 1.08 bits per heavy atom. The molecule has 0 bridgehead atoms. The van der Waals surface area contributed by atoms with Crippen molar-refractivity contribution in [1.82, 2.24) is 14.8 Å². The van der Waals surface area contributed by atoms with E-state index >= 15 is 0 Å². The van der Waals surface area contributed by atoms with Crippen molar-refractivity contribution in [2.45, 2.75) is 81.3 Å². The van der Waals surface area contributed by atoms with E-state index in [1.54, 1.807) is 6.92 Å². The van der Waals surface area contributed by atoms with Gasteiger partial charge in [0.15, 0.2) is 0 Å². The molecule has 5 rings (SSSR count). The number of ether oxygens (including phenoxy) is 1. The third kappa shape index (κ3) is 7.18. The topological polar surface area (TPSA) is 113 Å². The minimum Gasteiger partial charge on any atom is -0.474 e. The maximum Gasteiger partial charge on any atom is 0.425 e. The van der Waals surface area contributed by atoms with Crippen molar-refractivity contribution in [2.24, 2.45) is 5.73 Å². The molecule has 0 spiro atoms. The van der Waals surface area contributed by atoms with Crippen LogP contribution < -0.4 is 10.5 Å². The molecule has 8 nitrogen and oxygen atoms in total. The molecule has 2 aliphatic heterocycles. The molecule has 2 N–H and O–H groups in total. The second kappa shape index (κ2) is 14.6. The number of rotatable bonds is 9. The van der Waals surface area contributed by atoms with Crippen LogP contribution in [0, 0.1) is 11.3 Å². The maximum atomic E-state index is 14.9. The molecule has 50 heavy (non-hydrogen) atoms. The molecular formula is C35H37F6N5O3S. The molecule has 268 valence electrons. The summed E-state index contributed by atoms with van der Waals surface area (Å²) in [7, 11) is 0. The molecule has 2 aliphatic rings. The van der Waals surface area contributed by atoms with E-state index in [1.807, 2.05) is 24.3 Å². The first-order chi connectivity index (χ1) is 23.7. The van der Waals surface area contributed by atoms with Crippen molar-refractivity contribution in [2.75, 3.05) is 26.2 Å². The molecule has 2 amide bonds. The van der Waals surface area contributed by atoms with Crippen LogP contribution in [0.4, 0.5) is 26.3 Å². The van der Waals surface area contributed by atoms with E-state index in [4.69, 9.17) is 10.5 Å². The Labute approximate surface area is 289 Å². The number of benzene rings is 1. The number of nitrogens with zero attached hydrogens (tertiary/aromatic N) is 4. The number of likely N-dealkylation sites (tertiary alicyclic amines) is 2. The monoisotopic (exact) mass is 721 g/mol. The average molecular weight is 722 g/mol. The number of hydrogen-bond donors (Lipinski definition) is 1. The molecule has 2 fully saturated rings. The summed E-state index contributed by atoms with van der Waals surface area (Å²) >= 11 is 0.386. The van der Waals surface area contributed by atoms with Crippen molar-refractivity contribution < 1.29 is 40.7 Å². The van der Waals surface area contributed by atoms with Gasteiger partial charge in [0, 0.05) is 49.9 Å². The number of nitrogens with two attached hydrogens (primary N) is 1. The van der Waals surface area contributed by atoms with Crippen LogP contribution >= 0.6 is 11.3 Å². The summed E-state index contributed by atoms with van der Waals surface area (Å²) in [5.41, 5.74) is 2.81. The largest absolute Gasteiger partial charge is 0.474 e. The molecule has 4 heterocycles. The van der Waals surface area contributed by atoms with Crippen molar-refractivity contribution in [3.8, 4) is 11.8 Å². The van der Waals surface area contributed by atoms with Crippen molar-refractivity contribution >= 4 is 23.2 Å². The lowest BCUT2D eigenvalue weighted by molar-refractivity contribution is -0.160. The number of nitriles is 1. The number of alkyl halides is 6. The number of piperidine rings is 2. The van der Waals surface area contributed by atoms with Gasteiger partial charge < -0.3 is 20.3 Å². The van der Waals surface area contributed by atoms with E-state index in [-0.39, 0.29) is 57.5 Å². The molecule has 2 atom stereocenters. The molecular weight excluding hydrogens is 684 g/mol. The molecule has 1 aromatic carbocycles. The maximum absolute atomic E-state index is 14.9. The van der Waals surface area contributed by atoms with E-state index in [9.17, 15) is 41.2 Å². The van der Waals surface area contributed by atoms with E-state index < -0.39 is 57.2 Å². The summed E-state index contributed by atoms with van der Waals surface area (Å²) < 4.78 is 89.3. The fourth-order valence-electron chi connectivity index (χ4n) is 7.26. The van der Waals surface area contributed by atoms with Crippen LogP contribution in [0.25, 0.3) is 0 Å². The predicted molar refractivity (Wildman–Crippen MR) is 173 cm³/mol. The third-order valence-corrected chi connectivity index (χ3v) is 10.6. The third-order valence-electron chi connectivity index (χ3n) is 9.62. The lowest BCUT2D eigenvalue weighted by Gasteiger charge is -2.51. The number of aromatic nitrogens is 1. The van der Waals surface area contributed by atoms with Gasteiger partial charge in [0.25, 0.3) is 11.8 Å². The highest BCUT2D eigenvalue weighted by molar-refractivity contribution is 7.10. The first kappa shape index (κ1) is 37.1. The molecule has 3 aromatic rings. The van der Waals surface area contributed by atoms with Gasteiger partial charge in [-0.1, -0.05) is 37.6 Å². The SMILES string of the molecule is CCCC1N(C(=O)c2cnccc2C(F)(F)F)CCCC1(Oc1csc(C(F)(F)F)c1)C(=O)N1CCC(C#N)(c2ccccc2CCN)CC1. The first-order valence-electron chi connectivity index (χ1n) is 16.4. The van der Waals surface area contributed by atoms with Crippen molar-refractivity contribution in [3.05, 3.63) is 81.3 Å². The summed E-state index contributed by atoms with van der Waals surface area (Å²) in [5, 5.41) is 11.6. The minimum absolute atomic E-state index is 0.00410. The van der Waals surface area contributed by atoms with Gasteiger partial charge in [-0.15, -0.1) is 11.3 Å². The summed E-state index contributed by atoms with van der Waals surface area (Å²) in [6, 6.07) is 10.3. The van der Waals surface area contributed by atoms with E-state index in [1.165, 1.54) is 9.80 Å².